The minimum atomic E-state index is 0.328. The van der Waals surface area contributed by atoms with Crippen LogP contribution in [0.25, 0.3) is 15.3 Å². The Morgan fingerprint density at radius 2 is 2.28 bits per heavy atom. The van der Waals surface area contributed by atoms with Crippen LogP contribution in [0.15, 0.2) is 24.4 Å². The normalized spacial score (nSPS) is 10.7. The van der Waals surface area contributed by atoms with Crippen molar-refractivity contribution in [1.82, 2.24) is 14.8 Å². The first-order valence-corrected chi connectivity index (χ1v) is 6.12. The molecule has 5 nitrogen and oxygen atoms in total. The number of nitrogen functional groups attached to an aromatic ring is 1. The highest BCUT2D eigenvalue weighted by Crippen LogP contribution is 2.28. The van der Waals surface area contributed by atoms with Gasteiger partial charge in [-0.2, -0.15) is 15.0 Å². The number of anilines is 1. The summed E-state index contributed by atoms with van der Waals surface area (Å²) in [6.45, 7) is 2.01. The molecule has 0 aliphatic heterocycles. The molecule has 0 saturated heterocycles. The van der Waals surface area contributed by atoms with Crippen LogP contribution in [-0.4, -0.2) is 14.8 Å². The molecule has 2 aromatic heterocycles. The standard InChI is InChI=1S/C12H9N5S/c1-7-3-2-4-9-10(7)16-12(18-9)17-11(14)8(5-13)6-15-17/h2-4,6H,14H2,1H3. The molecule has 0 unspecified atom stereocenters. The van der Waals surface area contributed by atoms with Crippen LogP contribution in [0.3, 0.4) is 0 Å². The Morgan fingerprint density at radius 3 is 2.94 bits per heavy atom. The van der Waals surface area contributed by atoms with Crippen molar-refractivity contribution >= 4 is 27.4 Å². The van der Waals surface area contributed by atoms with Gasteiger partial charge in [0.15, 0.2) is 0 Å². The lowest BCUT2D eigenvalue weighted by atomic mass is 10.2. The highest BCUT2D eigenvalue weighted by Gasteiger charge is 2.13. The molecule has 0 aliphatic carbocycles. The Balaban J connectivity index is 2.23. The van der Waals surface area contributed by atoms with Gasteiger partial charge in [-0.3, -0.25) is 0 Å². The second-order valence-corrected chi connectivity index (χ2v) is 4.89. The van der Waals surface area contributed by atoms with Crippen molar-refractivity contribution in [3.05, 3.63) is 35.5 Å². The van der Waals surface area contributed by atoms with Crippen molar-refractivity contribution in [1.29, 1.82) is 5.26 Å². The molecule has 0 spiro atoms. The van der Waals surface area contributed by atoms with Gasteiger partial charge < -0.3 is 5.73 Å². The van der Waals surface area contributed by atoms with Crippen molar-refractivity contribution < 1.29 is 0 Å². The summed E-state index contributed by atoms with van der Waals surface area (Å²) in [4.78, 5) is 4.52. The fourth-order valence-corrected chi connectivity index (χ4v) is 2.78. The van der Waals surface area contributed by atoms with Gasteiger partial charge in [-0.05, 0) is 18.6 Å². The summed E-state index contributed by atoms with van der Waals surface area (Å²) in [5.74, 6) is 0.328. The molecule has 2 N–H and O–H groups in total. The van der Waals surface area contributed by atoms with Gasteiger partial charge in [0.1, 0.15) is 17.5 Å². The van der Waals surface area contributed by atoms with Crippen molar-refractivity contribution in [2.75, 3.05) is 5.73 Å². The van der Waals surface area contributed by atoms with E-state index in [1.54, 1.807) is 0 Å². The Kier molecular flexibility index (Phi) is 2.28. The molecule has 0 saturated carbocycles. The minimum absolute atomic E-state index is 0.328. The highest BCUT2D eigenvalue weighted by molar-refractivity contribution is 7.20. The summed E-state index contributed by atoms with van der Waals surface area (Å²) in [5, 5.41) is 13.6. The van der Waals surface area contributed by atoms with E-state index in [0.29, 0.717) is 16.5 Å². The lowest BCUT2D eigenvalue weighted by Gasteiger charge is -1.97. The number of fused-ring (bicyclic) bond motifs is 1. The molecule has 2 heterocycles. The largest absolute Gasteiger partial charge is 0.382 e. The molecule has 0 amide bonds. The third-order valence-corrected chi connectivity index (χ3v) is 3.71. The van der Waals surface area contributed by atoms with E-state index in [0.717, 1.165) is 15.8 Å². The van der Waals surface area contributed by atoms with Gasteiger partial charge in [-0.1, -0.05) is 23.5 Å². The molecule has 0 aliphatic rings. The quantitative estimate of drug-likeness (QED) is 0.723. The number of rotatable bonds is 1. The highest BCUT2D eigenvalue weighted by atomic mass is 32.1. The predicted molar refractivity (Wildman–Crippen MR) is 70.6 cm³/mol. The maximum Gasteiger partial charge on any atom is 0.213 e. The summed E-state index contributed by atoms with van der Waals surface area (Å²) in [6.07, 6.45) is 1.45. The SMILES string of the molecule is Cc1cccc2sc(-n3ncc(C#N)c3N)nc12. The monoisotopic (exact) mass is 255 g/mol. The number of nitrogens with two attached hydrogens (primary N) is 1. The zero-order valence-corrected chi connectivity index (χ0v) is 10.4. The number of aryl methyl sites for hydroxylation is 1. The smallest absolute Gasteiger partial charge is 0.213 e. The minimum Gasteiger partial charge on any atom is -0.382 e. The Labute approximate surface area is 107 Å². The average molecular weight is 255 g/mol. The van der Waals surface area contributed by atoms with Crippen LogP contribution in [0.2, 0.25) is 0 Å². The Hall–Kier alpha value is -2.39. The van der Waals surface area contributed by atoms with Crippen LogP contribution in [0, 0.1) is 18.3 Å². The van der Waals surface area contributed by atoms with E-state index in [1.807, 2.05) is 31.2 Å². The first kappa shape index (κ1) is 10.7. The molecular formula is C12H9N5S. The molecule has 0 bridgehead atoms. The summed E-state index contributed by atoms with van der Waals surface area (Å²) in [5.41, 5.74) is 8.28. The second kappa shape index (κ2) is 3.82. The lowest BCUT2D eigenvalue weighted by Crippen LogP contribution is -2.01. The van der Waals surface area contributed by atoms with Crippen LogP contribution < -0.4 is 5.73 Å². The third kappa shape index (κ3) is 1.45. The van der Waals surface area contributed by atoms with Crippen molar-refractivity contribution in [2.24, 2.45) is 0 Å². The van der Waals surface area contributed by atoms with Gasteiger partial charge in [0.25, 0.3) is 0 Å². The Bertz CT molecular complexity index is 777. The molecule has 18 heavy (non-hydrogen) atoms. The summed E-state index contributed by atoms with van der Waals surface area (Å²) in [7, 11) is 0. The van der Waals surface area contributed by atoms with Gasteiger partial charge in [0.05, 0.1) is 16.4 Å². The fourth-order valence-electron chi connectivity index (χ4n) is 1.76. The maximum absolute atomic E-state index is 8.86. The van der Waals surface area contributed by atoms with Gasteiger partial charge in [-0.25, -0.2) is 4.98 Å². The lowest BCUT2D eigenvalue weighted by molar-refractivity contribution is 0.883. The van der Waals surface area contributed by atoms with Gasteiger partial charge in [0.2, 0.25) is 5.13 Å². The number of para-hydroxylation sites is 1. The molecule has 88 valence electrons. The topological polar surface area (TPSA) is 80.5 Å². The first-order chi connectivity index (χ1) is 8.70. The van der Waals surface area contributed by atoms with Gasteiger partial charge in [-0.15, -0.1) is 0 Å². The fraction of sp³-hybridized carbons (Fsp3) is 0.0833. The van der Waals surface area contributed by atoms with Crippen LogP contribution in [0.5, 0.6) is 0 Å². The van der Waals surface area contributed by atoms with E-state index >= 15 is 0 Å². The van der Waals surface area contributed by atoms with E-state index in [4.69, 9.17) is 11.0 Å². The number of thiazole rings is 1. The zero-order chi connectivity index (χ0) is 12.7. The van der Waals surface area contributed by atoms with Crippen LogP contribution in [0.4, 0.5) is 5.82 Å². The molecule has 6 heteroatoms. The van der Waals surface area contributed by atoms with E-state index < -0.39 is 0 Å². The van der Waals surface area contributed by atoms with E-state index in [-0.39, 0.29) is 0 Å². The summed E-state index contributed by atoms with van der Waals surface area (Å²) < 4.78 is 2.58. The molecule has 0 radical (unpaired) electrons. The van der Waals surface area contributed by atoms with Gasteiger partial charge in [0, 0.05) is 0 Å². The van der Waals surface area contributed by atoms with Crippen molar-refractivity contribution in [3.63, 3.8) is 0 Å². The summed E-state index contributed by atoms with van der Waals surface area (Å²) in [6, 6.07) is 8.01. The molecule has 3 rings (SSSR count). The third-order valence-electron chi connectivity index (χ3n) is 2.72. The van der Waals surface area contributed by atoms with Crippen LogP contribution in [-0.2, 0) is 0 Å². The zero-order valence-electron chi connectivity index (χ0n) is 9.58. The number of benzene rings is 1. The van der Waals surface area contributed by atoms with Crippen LogP contribution >= 0.6 is 11.3 Å². The number of aromatic nitrogens is 3. The number of nitrogens with zero attached hydrogens (tertiary/aromatic N) is 4. The molecule has 0 atom stereocenters. The van der Waals surface area contributed by atoms with Gasteiger partial charge >= 0.3 is 0 Å². The molecule has 3 aromatic rings. The number of hydrogen-bond acceptors (Lipinski definition) is 5. The number of nitriles is 1. The average Bonchev–Trinajstić information content (AvgIpc) is 2.93. The number of hydrogen-bond donors (Lipinski definition) is 1. The Morgan fingerprint density at radius 1 is 1.44 bits per heavy atom. The van der Waals surface area contributed by atoms with E-state index in [2.05, 4.69) is 10.1 Å². The second-order valence-electron chi connectivity index (χ2n) is 3.89. The molecule has 0 fully saturated rings. The summed E-state index contributed by atoms with van der Waals surface area (Å²) >= 11 is 1.50. The van der Waals surface area contributed by atoms with Crippen molar-refractivity contribution in [3.8, 4) is 11.2 Å². The molecule has 1 aromatic carbocycles. The maximum atomic E-state index is 8.86. The van der Waals surface area contributed by atoms with Crippen LogP contribution in [0.1, 0.15) is 11.1 Å². The van der Waals surface area contributed by atoms with E-state index in [1.165, 1.54) is 22.2 Å². The molecular weight excluding hydrogens is 246 g/mol. The predicted octanol–water partition coefficient (Wildman–Crippen LogP) is 2.24. The van der Waals surface area contributed by atoms with E-state index in [9.17, 15) is 0 Å². The van der Waals surface area contributed by atoms with Crippen molar-refractivity contribution in [2.45, 2.75) is 6.92 Å². The first-order valence-electron chi connectivity index (χ1n) is 5.31.